The highest BCUT2D eigenvalue weighted by molar-refractivity contribution is 5.40. The van der Waals surface area contributed by atoms with Crippen LogP contribution < -0.4 is 5.73 Å². The molecule has 0 fully saturated rings. The van der Waals surface area contributed by atoms with Crippen molar-refractivity contribution in [3.05, 3.63) is 57.8 Å². The molecule has 19 heavy (non-hydrogen) atoms. The minimum absolute atomic E-state index is 0.0918. The fourth-order valence-corrected chi connectivity index (χ4v) is 2.20. The van der Waals surface area contributed by atoms with Crippen LogP contribution in [0.1, 0.15) is 34.3 Å². The number of nitrogens with two attached hydrogens (primary N) is 1. The van der Waals surface area contributed by atoms with Crippen LogP contribution in [0.5, 0.6) is 0 Å². The first kappa shape index (κ1) is 13.7. The van der Waals surface area contributed by atoms with Crippen LogP contribution in [0.4, 0.5) is 13.2 Å². The van der Waals surface area contributed by atoms with Crippen LogP contribution in [-0.2, 0) is 0 Å². The fourth-order valence-electron chi connectivity index (χ4n) is 2.20. The van der Waals surface area contributed by atoms with E-state index in [0.717, 1.165) is 17.7 Å². The number of furan rings is 1. The van der Waals surface area contributed by atoms with Crippen molar-refractivity contribution >= 4 is 0 Å². The van der Waals surface area contributed by atoms with Gasteiger partial charge in [-0.15, -0.1) is 0 Å². The minimum Gasteiger partial charge on any atom is -0.466 e. The van der Waals surface area contributed by atoms with E-state index in [9.17, 15) is 13.2 Å². The number of hydrogen-bond acceptors (Lipinski definition) is 2. The maximum atomic E-state index is 13.7. The summed E-state index contributed by atoms with van der Waals surface area (Å²) < 4.78 is 45.3. The van der Waals surface area contributed by atoms with Crippen LogP contribution in [0.3, 0.4) is 0 Å². The van der Waals surface area contributed by atoms with Gasteiger partial charge < -0.3 is 10.2 Å². The SMILES string of the molecule is Cc1oc(C)c(C(N)c2ccc(F)c(F)c2F)c1C. The molecule has 1 aromatic carbocycles. The number of rotatable bonds is 2. The first-order valence-electron chi connectivity index (χ1n) is 5.80. The molecule has 0 saturated heterocycles. The highest BCUT2D eigenvalue weighted by Crippen LogP contribution is 2.31. The van der Waals surface area contributed by atoms with Crippen LogP contribution >= 0.6 is 0 Å². The average molecular weight is 269 g/mol. The Bertz CT molecular complexity index is 634. The lowest BCUT2D eigenvalue weighted by Gasteiger charge is -2.14. The summed E-state index contributed by atoms with van der Waals surface area (Å²) in [4.78, 5) is 0. The first-order valence-corrected chi connectivity index (χ1v) is 5.80. The summed E-state index contributed by atoms with van der Waals surface area (Å²) in [5.41, 5.74) is 7.26. The monoisotopic (exact) mass is 269 g/mol. The molecule has 2 rings (SSSR count). The van der Waals surface area contributed by atoms with E-state index in [-0.39, 0.29) is 5.56 Å². The molecule has 5 heteroatoms. The molecule has 0 aliphatic carbocycles. The standard InChI is InChI=1S/C14H14F3NO/c1-6-7(2)19-8(3)11(6)14(18)9-4-5-10(15)13(17)12(9)16/h4-5,14H,18H2,1-3H3. The van der Waals surface area contributed by atoms with Crippen molar-refractivity contribution in [2.75, 3.05) is 0 Å². The van der Waals surface area contributed by atoms with E-state index in [2.05, 4.69) is 0 Å². The highest BCUT2D eigenvalue weighted by atomic mass is 19.2. The zero-order chi connectivity index (χ0) is 14.3. The van der Waals surface area contributed by atoms with E-state index in [4.69, 9.17) is 10.2 Å². The third kappa shape index (κ3) is 2.14. The van der Waals surface area contributed by atoms with Gasteiger partial charge in [0.25, 0.3) is 0 Å². The van der Waals surface area contributed by atoms with Crippen LogP contribution in [0, 0.1) is 38.2 Å². The summed E-state index contributed by atoms with van der Waals surface area (Å²) >= 11 is 0. The Hall–Kier alpha value is -1.75. The normalized spacial score (nSPS) is 12.8. The minimum atomic E-state index is -1.51. The predicted octanol–water partition coefficient (Wildman–Crippen LogP) is 3.67. The van der Waals surface area contributed by atoms with Gasteiger partial charge in [-0.05, 0) is 32.4 Å². The summed E-state index contributed by atoms with van der Waals surface area (Å²) in [6.07, 6.45) is 0. The van der Waals surface area contributed by atoms with Crippen molar-refractivity contribution in [2.45, 2.75) is 26.8 Å². The van der Waals surface area contributed by atoms with E-state index in [1.165, 1.54) is 0 Å². The van der Waals surface area contributed by atoms with E-state index in [0.29, 0.717) is 17.1 Å². The summed E-state index contributed by atoms with van der Waals surface area (Å²) in [6, 6.07) is 1.12. The van der Waals surface area contributed by atoms with Crippen LogP contribution in [0.2, 0.25) is 0 Å². The third-order valence-electron chi connectivity index (χ3n) is 3.33. The summed E-state index contributed by atoms with van der Waals surface area (Å²) in [5, 5.41) is 0. The Morgan fingerprint density at radius 2 is 1.63 bits per heavy atom. The zero-order valence-corrected chi connectivity index (χ0v) is 10.9. The second-order valence-electron chi connectivity index (χ2n) is 4.50. The molecule has 2 N–H and O–H groups in total. The largest absolute Gasteiger partial charge is 0.466 e. The molecule has 1 atom stereocenters. The lowest BCUT2D eigenvalue weighted by Crippen LogP contribution is -2.16. The van der Waals surface area contributed by atoms with Gasteiger partial charge in [-0.25, -0.2) is 13.2 Å². The molecule has 0 amide bonds. The second kappa shape index (κ2) is 4.74. The molecule has 2 aromatic rings. The molecule has 0 radical (unpaired) electrons. The van der Waals surface area contributed by atoms with Crippen LogP contribution in [0.15, 0.2) is 16.5 Å². The Morgan fingerprint density at radius 1 is 1.00 bits per heavy atom. The Morgan fingerprint density at radius 3 is 2.16 bits per heavy atom. The first-order chi connectivity index (χ1) is 8.84. The lowest BCUT2D eigenvalue weighted by atomic mass is 9.95. The second-order valence-corrected chi connectivity index (χ2v) is 4.50. The average Bonchev–Trinajstić information content (AvgIpc) is 2.60. The van der Waals surface area contributed by atoms with Gasteiger partial charge in [-0.1, -0.05) is 6.07 Å². The van der Waals surface area contributed by atoms with Gasteiger partial charge in [-0.2, -0.15) is 0 Å². The van der Waals surface area contributed by atoms with Crippen molar-refractivity contribution in [3.63, 3.8) is 0 Å². The van der Waals surface area contributed by atoms with Crippen molar-refractivity contribution < 1.29 is 17.6 Å². The molecule has 1 unspecified atom stereocenters. The molecule has 2 nitrogen and oxygen atoms in total. The molecule has 0 aliphatic heterocycles. The number of hydrogen-bond donors (Lipinski definition) is 1. The van der Waals surface area contributed by atoms with Gasteiger partial charge in [0.15, 0.2) is 17.5 Å². The Labute approximate surface area is 109 Å². The van der Waals surface area contributed by atoms with Crippen LogP contribution in [-0.4, -0.2) is 0 Å². The molecule has 0 bridgehead atoms. The van der Waals surface area contributed by atoms with Gasteiger partial charge in [0.1, 0.15) is 11.5 Å². The van der Waals surface area contributed by atoms with Crippen molar-refractivity contribution in [1.82, 2.24) is 0 Å². The molecule has 0 saturated carbocycles. The molecule has 1 aromatic heterocycles. The molecule has 0 spiro atoms. The summed E-state index contributed by atoms with van der Waals surface area (Å²) in [5.74, 6) is -2.78. The molecule has 102 valence electrons. The maximum Gasteiger partial charge on any atom is 0.194 e. The van der Waals surface area contributed by atoms with Gasteiger partial charge in [0.2, 0.25) is 0 Å². The fraction of sp³-hybridized carbons (Fsp3) is 0.286. The van der Waals surface area contributed by atoms with Crippen LogP contribution in [0.25, 0.3) is 0 Å². The Kier molecular flexibility index (Phi) is 3.41. The van der Waals surface area contributed by atoms with Crippen molar-refractivity contribution in [3.8, 4) is 0 Å². The zero-order valence-electron chi connectivity index (χ0n) is 10.9. The Balaban J connectivity index is 2.56. The number of benzene rings is 1. The molecule has 0 aliphatic rings. The lowest BCUT2D eigenvalue weighted by molar-refractivity contribution is 0.438. The number of aryl methyl sites for hydroxylation is 2. The van der Waals surface area contributed by atoms with Gasteiger partial charge >= 0.3 is 0 Å². The van der Waals surface area contributed by atoms with E-state index in [1.54, 1.807) is 20.8 Å². The predicted molar refractivity (Wildman–Crippen MR) is 65.3 cm³/mol. The molecular formula is C14H14F3NO. The smallest absolute Gasteiger partial charge is 0.194 e. The van der Waals surface area contributed by atoms with Gasteiger partial charge in [0.05, 0.1) is 6.04 Å². The third-order valence-corrected chi connectivity index (χ3v) is 3.33. The highest BCUT2D eigenvalue weighted by Gasteiger charge is 2.24. The van der Waals surface area contributed by atoms with Gasteiger partial charge in [0, 0.05) is 11.1 Å². The van der Waals surface area contributed by atoms with Crippen molar-refractivity contribution in [2.24, 2.45) is 5.73 Å². The number of halogens is 3. The molecular weight excluding hydrogens is 255 g/mol. The van der Waals surface area contributed by atoms with E-state index < -0.39 is 23.5 Å². The topological polar surface area (TPSA) is 39.2 Å². The maximum absolute atomic E-state index is 13.7. The van der Waals surface area contributed by atoms with Crippen molar-refractivity contribution in [1.29, 1.82) is 0 Å². The van der Waals surface area contributed by atoms with E-state index in [1.807, 2.05) is 0 Å². The van der Waals surface area contributed by atoms with E-state index >= 15 is 0 Å². The quantitative estimate of drug-likeness (QED) is 0.845. The molecule has 1 heterocycles. The summed E-state index contributed by atoms with van der Waals surface area (Å²) in [7, 11) is 0. The van der Waals surface area contributed by atoms with Gasteiger partial charge in [-0.3, -0.25) is 0 Å². The summed E-state index contributed by atoms with van der Waals surface area (Å²) in [6.45, 7) is 5.26.